The molecule has 242 valence electrons. The molecule has 6 rings (SSSR count). The first-order valence-corrected chi connectivity index (χ1v) is 17.1. The first-order chi connectivity index (χ1) is 27.0. The number of ether oxygens (including phenoxy) is 2. The van der Waals surface area contributed by atoms with Crippen LogP contribution >= 0.6 is 0 Å². The van der Waals surface area contributed by atoms with Crippen LogP contribution in [-0.2, 0) is 15.1 Å². The van der Waals surface area contributed by atoms with Gasteiger partial charge in [-0.3, -0.25) is 0 Å². The molecular weight excluding hydrogens is 625 g/mol. The van der Waals surface area contributed by atoms with E-state index in [0.717, 1.165) is 16.6 Å². The van der Waals surface area contributed by atoms with Gasteiger partial charge in [-0.15, -0.1) is 0 Å². The highest BCUT2D eigenvalue weighted by Gasteiger charge is 2.47. The van der Waals surface area contributed by atoms with E-state index in [1.54, 1.807) is 13.1 Å². The number of carbonyl (C=O) groups is 1. The first-order valence-electron chi connectivity index (χ1n) is 20.1. The smallest absolute Gasteiger partial charge is 0.339 e. The Labute approximate surface area is 288 Å². The lowest BCUT2D eigenvalue weighted by molar-refractivity contribution is -0.504. The van der Waals surface area contributed by atoms with Gasteiger partial charge in [0.1, 0.15) is 54.2 Å². The number of allylic oxidation sites excluding steroid dienone is 5. The largest absolute Gasteiger partial charge is 0.478 e. The van der Waals surface area contributed by atoms with Crippen molar-refractivity contribution in [1.82, 2.24) is 0 Å². The number of halogens is 3. The molecule has 3 aliphatic heterocycles. The second-order valence-electron chi connectivity index (χ2n) is 11.3. The number of benzene rings is 2. The third-order valence-corrected chi connectivity index (χ3v) is 11.9. The fraction of sp³-hybridized carbons (Fsp3) is 0.371. The molecule has 2 aromatic rings. The molecule has 0 atom stereocenters. The second-order valence-corrected chi connectivity index (χ2v) is 15.6. The second kappa shape index (κ2) is 12.3. The molecule has 2 saturated heterocycles. The Balaban J connectivity index is 1.77. The molecule has 12 heteroatoms. The van der Waals surface area contributed by atoms with E-state index in [4.69, 9.17) is 25.9 Å². The van der Waals surface area contributed by atoms with Crippen molar-refractivity contribution in [3.63, 3.8) is 0 Å². The Morgan fingerprint density at radius 1 is 1.13 bits per heavy atom. The summed E-state index contributed by atoms with van der Waals surface area (Å²) in [6.45, 7) is -4.97. The molecule has 0 unspecified atom stereocenters. The summed E-state index contributed by atoms with van der Waals surface area (Å²) < 4.78 is 161. The van der Waals surface area contributed by atoms with Crippen LogP contribution in [0, 0.1) is 40.1 Å². The van der Waals surface area contributed by atoms with E-state index in [0.29, 0.717) is 0 Å². The quantitative estimate of drug-likeness (QED) is 0.185. The number of aromatic carboxylic acids is 1. The van der Waals surface area contributed by atoms with Crippen molar-refractivity contribution in [2.24, 2.45) is 0 Å². The van der Waals surface area contributed by atoms with Crippen LogP contribution in [-0.4, -0.2) is 69.4 Å². The van der Waals surface area contributed by atoms with Crippen LogP contribution in [0.5, 0.6) is 0 Å². The van der Waals surface area contributed by atoms with Gasteiger partial charge in [-0.2, -0.15) is 10.5 Å². The van der Waals surface area contributed by atoms with E-state index in [-0.39, 0.29) is 32.9 Å². The van der Waals surface area contributed by atoms with Crippen LogP contribution in [0.4, 0.5) is 18.9 Å². The molecule has 0 saturated carbocycles. The zero-order chi connectivity index (χ0) is 44.4. The minimum atomic E-state index is -3.45. The number of fused-ring (bicyclic) bond motifs is 2. The van der Waals surface area contributed by atoms with Gasteiger partial charge in [0, 0.05) is 70.0 Å². The molecule has 3 heterocycles. The van der Waals surface area contributed by atoms with E-state index < -0.39 is 118 Å². The standard InChI is InChI=1S/C35H33F3N4O4Si/c1-45-20-46-35(18-39,19-40)30-31(36)28(29(34(43)44)32(37)33(30)38)27-23-10-8-21(41-12-4-5-13-41)16-25(23)47(2,3)26-17-22(9-11-24(26)27)42-14-6-7-15-42/h8-11,16-17H,4-7,12-15,20H2,1-3H3/p+1/i4D2,5D2,6D2,7D2,12D2,14D2. The third kappa shape index (κ3) is 5.12. The number of rotatable bonds is 7. The SMILES string of the molecule is [2H]C1([2H])CN(c2ccc3c(c2)[Si](C)(C)C2=CC(=[N+]4CC([2H])([2H])C([2H])([2H])C4([2H])[2H])C=CC2=C3c2c(F)c(C(C#N)(C#N)OCOC)c(F)c(F)c2C(=O)O)C([2H])([2H])C1([2H])[2H]. The van der Waals surface area contributed by atoms with Gasteiger partial charge in [-0.05, 0) is 58.0 Å². The van der Waals surface area contributed by atoms with Gasteiger partial charge in [-0.25, -0.2) is 22.5 Å². The molecule has 0 amide bonds. The molecule has 2 aromatic carbocycles. The Morgan fingerprint density at radius 2 is 1.89 bits per heavy atom. The van der Waals surface area contributed by atoms with E-state index in [1.165, 1.54) is 48.6 Å². The maximum atomic E-state index is 17.4. The lowest BCUT2D eigenvalue weighted by Gasteiger charge is -2.38. The van der Waals surface area contributed by atoms with Crippen LogP contribution < -0.4 is 10.1 Å². The summed E-state index contributed by atoms with van der Waals surface area (Å²) in [5.41, 5.74) is -8.32. The van der Waals surface area contributed by atoms with Gasteiger partial charge in [0.2, 0.25) is 0 Å². The number of hydrogen-bond acceptors (Lipinski definition) is 6. The summed E-state index contributed by atoms with van der Waals surface area (Å²) in [7, 11) is -2.40. The fourth-order valence-corrected chi connectivity index (χ4v) is 9.17. The molecule has 8 nitrogen and oxygen atoms in total. The third-order valence-electron chi connectivity index (χ3n) is 8.39. The van der Waals surface area contributed by atoms with Crippen molar-refractivity contribution in [1.29, 1.82) is 10.5 Å². The molecular formula is C35H34F3N4O4Si+. The number of anilines is 1. The molecule has 1 N–H and O–H groups in total. The van der Waals surface area contributed by atoms with Gasteiger partial charge < -0.3 is 19.5 Å². The minimum Gasteiger partial charge on any atom is -0.478 e. The van der Waals surface area contributed by atoms with Crippen LogP contribution in [0.3, 0.4) is 0 Å². The lowest BCUT2D eigenvalue weighted by Crippen LogP contribution is -2.50. The Hall–Kier alpha value is -4.49. The molecule has 0 bridgehead atoms. The van der Waals surface area contributed by atoms with Gasteiger partial charge in [0.05, 0.1) is 5.56 Å². The van der Waals surface area contributed by atoms with E-state index in [2.05, 4.69) is 0 Å². The maximum absolute atomic E-state index is 17.4. The summed E-state index contributed by atoms with van der Waals surface area (Å²) >= 11 is 0. The number of nitrogens with zero attached hydrogens (tertiary/aromatic N) is 4. The highest BCUT2D eigenvalue weighted by molar-refractivity contribution is 6.98. The van der Waals surface area contributed by atoms with Crippen LogP contribution in [0.1, 0.15) is 69.0 Å². The average molecular weight is 672 g/mol. The highest BCUT2D eigenvalue weighted by atomic mass is 28.3. The predicted molar refractivity (Wildman–Crippen MR) is 172 cm³/mol. The average Bonchev–Trinajstić information content (AvgIpc) is 3.37. The summed E-state index contributed by atoms with van der Waals surface area (Å²) in [5, 5.41) is 30.9. The first kappa shape index (κ1) is 20.7. The molecule has 4 aliphatic rings. The van der Waals surface area contributed by atoms with Crippen molar-refractivity contribution in [3.8, 4) is 12.1 Å². The van der Waals surface area contributed by atoms with Gasteiger partial charge in [0.25, 0.3) is 5.60 Å². The number of carboxylic acid groups (broad SMARTS) is 1. The summed E-state index contributed by atoms with van der Waals surface area (Å²) in [4.78, 5) is 13.7. The van der Waals surface area contributed by atoms with E-state index in [9.17, 15) is 20.4 Å². The number of methoxy groups -OCH3 is 1. The Morgan fingerprint density at radius 3 is 2.51 bits per heavy atom. The molecule has 1 aliphatic carbocycles. The van der Waals surface area contributed by atoms with Crippen molar-refractivity contribution in [3.05, 3.63) is 86.9 Å². The molecule has 0 radical (unpaired) electrons. The summed E-state index contributed by atoms with van der Waals surface area (Å²) in [5.74, 6) is -8.51. The van der Waals surface area contributed by atoms with E-state index in [1.807, 2.05) is 0 Å². The summed E-state index contributed by atoms with van der Waals surface area (Å²) in [6.07, 6.45) is -7.72. The monoisotopic (exact) mass is 671 g/mol. The summed E-state index contributed by atoms with van der Waals surface area (Å²) in [6, 6.07) is 6.43. The van der Waals surface area contributed by atoms with Gasteiger partial charge >= 0.3 is 5.97 Å². The van der Waals surface area contributed by atoms with Gasteiger partial charge in [0.15, 0.2) is 17.3 Å². The maximum Gasteiger partial charge on any atom is 0.339 e. The minimum absolute atomic E-state index is 0.0451. The van der Waals surface area contributed by atoms with Crippen molar-refractivity contribution >= 4 is 36.2 Å². The van der Waals surface area contributed by atoms with Crippen LogP contribution in [0.2, 0.25) is 13.1 Å². The van der Waals surface area contributed by atoms with Crippen molar-refractivity contribution in [2.75, 3.05) is 44.9 Å². The molecule has 0 spiro atoms. The highest BCUT2D eigenvalue weighted by Crippen LogP contribution is 2.46. The van der Waals surface area contributed by atoms with Crippen LogP contribution in [0.25, 0.3) is 5.57 Å². The van der Waals surface area contributed by atoms with E-state index >= 15 is 13.2 Å². The molecule has 47 heavy (non-hydrogen) atoms. The fourth-order valence-electron chi connectivity index (χ4n) is 6.10. The zero-order valence-electron chi connectivity index (χ0n) is 37.2. The zero-order valence-corrected chi connectivity index (χ0v) is 26.2. The molecule has 2 fully saturated rings. The lowest BCUT2D eigenvalue weighted by atomic mass is 9.83. The van der Waals surface area contributed by atoms with Crippen molar-refractivity contribution in [2.45, 2.75) is 44.2 Å². The predicted octanol–water partition coefficient (Wildman–Crippen LogP) is 5.28. The molecule has 0 aromatic heterocycles. The normalized spacial score (nSPS) is 30.3. The number of hydrogen-bond donors (Lipinski definition) is 1. The number of nitriles is 2. The Kier molecular flexibility index (Phi) is 5.40. The van der Waals surface area contributed by atoms with Crippen LogP contribution in [0.15, 0.2) is 47.2 Å². The number of carboxylic acids is 1. The van der Waals surface area contributed by atoms with Gasteiger partial charge in [-0.1, -0.05) is 19.2 Å². The Bertz CT molecular complexity index is 2440. The topological polar surface area (TPSA) is 110 Å². The van der Waals surface area contributed by atoms with Crippen molar-refractivity contribution < 1.29 is 53.6 Å².